The second kappa shape index (κ2) is 9.58. The summed E-state index contributed by atoms with van der Waals surface area (Å²) in [5.41, 5.74) is 8.54. The number of rotatable bonds is 8. The molecule has 1 aromatic heterocycles. The standard InChI is InChI=1S/C23H25N3O2/c1-2-26(23(27)16-19-17-25-22-13-7-6-12-21(19)22)28-20(11-8-14-24)15-18-9-4-3-5-10-18/h3-13,15,17,25H,2,14,16,24H2,1H3/b11-8-,20-15+. The molecule has 5 nitrogen and oxygen atoms in total. The lowest BCUT2D eigenvalue weighted by Gasteiger charge is -2.21. The van der Waals surface area contributed by atoms with E-state index < -0.39 is 0 Å². The highest BCUT2D eigenvalue weighted by Crippen LogP contribution is 2.19. The Hall–Kier alpha value is -3.31. The van der Waals surface area contributed by atoms with Crippen molar-refractivity contribution < 1.29 is 9.63 Å². The highest BCUT2D eigenvalue weighted by atomic mass is 16.7. The number of carbonyl (C=O) groups is 1. The van der Waals surface area contributed by atoms with Gasteiger partial charge >= 0.3 is 0 Å². The van der Waals surface area contributed by atoms with Crippen molar-refractivity contribution >= 4 is 22.9 Å². The summed E-state index contributed by atoms with van der Waals surface area (Å²) < 4.78 is 0. The Labute approximate surface area is 165 Å². The van der Waals surface area contributed by atoms with Crippen LogP contribution in [-0.4, -0.2) is 29.0 Å². The number of allylic oxidation sites excluding steroid dienone is 1. The largest absolute Gasteiger partial charge is 0.377 e. The molecule has 0 radical (unpaired) electrons. The number of benzene rings is 2. The lowest BCUT2D eigenvalue weighted by Crippen LogP contribution is -2.31. The van der Waals surface area contributed by atoms with Crippen molar-refractivity contribution in [2.45, 2.75) is 13.3 Å². The van der Waals surface area contributed by atoms with Crippen molar-refractivity contribution in [3.63, 3.8) is 0 Å². The van der Waals surface area contributed by atoms with Gasteiger partial charge in [0.1, 0.15) is 0 Å². The molecular weight excluding hydrogens is 350 g/mol. The number of aromatic nitrogens is 1. The van der Waals surface area contributed by atoms with Gasteiger partial charge in [-0.25, -0.2) is 0 Å². The van der Waals surface area contributed by atoms with Gasteiger partial charge in [0.25, 0.3) is 5.91 Å². The van der Waals surface area contributed by atoms with E-state index in [1.807, 2.05) is 73.8 Å². The second-order valence-electron chi connectivity index (χ2n) is 6.31. The number of hydrogen-bond donors (Lipinski definition) is 2. The molecule has 0 atom stereocenters. The van der Waals surface area contributed by atoms with E-state index in [-0.39, 0.29) is 12.3 Å². The van der Waals surface area contributed by atoms with E-state index in [4.69, 9.17) is 10.6 Å². The number of likely N-dealkylation sites (N-methyl/N-ethyl adjacent to an activating group) is 1. The average molecular weight is 375 g/mol. The summed E-state index contributed by atoms with van der Waals surface area (Å²) in [6.45, 7) is 2.72. The number of fused-ring (bicyclic) bond motifs is 1. The molecule has 0 saturated carbocycles. The van der Waals surface area contributed by atoms with E-state index in [2.05, 4.69) is 4.98 Å². The first-order valence-electron chi connectivity index (χ1n) is 9.38. The molecule has 2 aromatic carbocycles. The molecule has 0 spiro atoms. The number of amides is 1. The summed E-state index contributed by atoms with van der Waals surface area (Å²) in [5, 5.41) is 2.44. The van der Waals surface area contributed by atoms with Gasteiger partial charge in [-0.2, -0.15) is 5.06 Å². The van der Waals surface area contributed by atoms with Gasteiger partial charge in [-0.3, -0.25) is 4.79 Å². The molecule has 1 amide bonds. The van der Waals surface area contributed by atoms with E-state index >= 15 is 0 Å². The molecule has 0 aliphatic carbocycles. The van der Waals surface area contributed by atoms with Gasteiger partial charge in [-0.05, 0) is 36.3 Å². The minimum absolute atomic E-state index is 0.104. The zero-order valence-electron chi connectivity index (χ0n) is 16.0. The van der Waals surface area contributed by atoms with Crippen LogP contribution in [0.5, 0.6) is 0 Å². The first-order valence-corrected chi connectivity index (χ1v) is 9.38. The van der Waals surface area contributed by atoms with Crippen LogP contribution >= 0.6 is 0 Å². The third-order valence-corrected chi connectivity index (χ3v) is 4.32. The minimum Gasteiger partial charge on any atom is -0.377 e. The van der Waals surface area contributed by atoms with E-state index in [9.17, 15) is 4.79 Å². The topological polar surface area (TPSA) is 71.3 Å². The maximum absolute atomic E-state index is 12.9. The normalized spacial score (nSPS) is 11.9. The van der Waals surface area contributed by atoms with Crippen LogP contribution in [0.25, 0.3) is 17.0 Å². The number of carbonyl (C=O) groups excluding carboxylic acids is 1. The molecular formula is C23H25N3O2. The number of para-hydroxylation sites is 1. The Bertz CT molecular complexity index is 974. The molecule has 28 heavy (non-hydrogen) atoms. The summed E-state index contributed by atoms with van der Waals surface area (Å²) in [4.78, 5) is 22.0. The molecule has 3 N–H and O–H groups in total. The third-order valence-electron chi connectivity index (χ3n) is 4.32. The van der Waals surface area contributed by atoms with E-state index in [0.717, 1.165) is 22.0 Å². The first kappa shape index (κ1) is 19.5. The fourth-order valence-corrected chi connectivity index (χ4v) is 2.95. The van der Waals surface area contributed by atoms with Crippen molar-refractivity contribution in [3.05, 3.63) is 89.8 Å². The van der Waals surface area contributed by atoms with Crippen LogP contribution in [0.3, 0.4) is 0 Å². The van der Waals surface area contributed by atoms with E-state index in [0.29, 0.717) is 18.8 Å². The van der Waals surface area contributed by atoms with Crippen molar-refractivity contribution in [2.24, 2.45) is 5.73 Å². The number of hydrogen-bond acceptors (Lipinski definition) is 3. The molecule has 144 valence electrons. The third kappa shape index (κ3) is 4.90. The number of nitrogens with one attached hydrogen (secondary N) is 1. The number of nitrogens with zero attached hydrogens (tertiary/aromatic N) is 1. The zero-order valence-corrected chi connectivity index (χ0v) is 16.0. The van der Waals surface area contributed by atoms with Gasteiger partial charge in [0.05, 0.1) is 13.0 Å². The van der Waals surface area contributed by atoms with E-state index in [1.54, 1.807) is 12.2 Å². The lowest BCUT2D eigenvalue weighted by molar-refractivity contribution is -0.168. The molecule has 0 unspecified atom stereocenters. The molecule has 0 saturated heterocycles. The summed E-state index contributed by atoms with van der Waals surface area (Å²) in [6, 6.07) is 17.8. The van der Waals surface area contributed by atoms with Crippen molar-refractivity contribution in [1.82, 2.24) is 10.0 Å². The predicted octanol–water partition coefficient (Wildman–Crippen LogP) is 4.05. The minimum atomic E-state index is -0.104. The molecule has 3 aromatic rings. The molecule has 0 fully saturated rings. The molecule has 0 bridgehead atoms. The average Bonchev–Trinajstić information content (AvgIpc) is 3.13. The Morgan fingerprint density at radius 3 is 2.64 bits per heavy atom. The number of aromatic amines is 1. The van der Waals surface area contributed by atoms with Crippen molar-refractivity contribution in [1.29, 1.82) is 0 Å². The second-order valence-corrected chi connectivity index (χ2v) is 6.31. The maximum Gasteiger partial charge on any atom is 0.259 e. The fraction of sp³-hybridized carbons (Fsp3) is 0.174. The van der Waals surface area contributed by atoms with Crippen LogP contribution in [0.4, 0.5) is 0 Å². The van der Waals surface area contributed by atoms with Crippen LogP contribution in [0, 0.1) is 0 Å². The Balaban J connectivity index is 1.77. The smallest absolute Gasteiger partial charge is 0.259 e. The lowest BCUT2D eigenvalue weighted by atomic mass is 10.1. The Morgan fingerprint density at radius 1 is 1.14 bits per heavy atom. The highest BCUT2D eigenvalue weighted by molar-refractivity contribution is 5.88. The van der Waals surface area contributed by atoms with Crippen molar-refractivity contribution in [3.8, 4) is 0 Å². The van der Waals surface area contributed by atoms with Crippen molar-refractivity contribution in [2.75, 3.05) is 13.1 Å². The van der Waals surface area contributed by atoms with Gasteiger partial charge < -0.3 is 15.6 Å². The summed E-state index contributed by atoms with van der Waals surface area (Å²) in [7, 11) is 0. The molecule has 0 aliphatic heterocycles. The number of hydroxylamine groups is 2. The number of nitrogens with two attached hydrogens (primary N) is 1. The predicted molar refractivity (Wildman–Crippen MR) is 113 cm³/mol. The van der Waals surface area contributed by atoms with Crippen LogP contribution in [0.1, 0.15) is 18.1 Å². The quantitative estimate of drug-likeness (QED) is 0.354. The summed E-state index contributed by atoms with van der Waals surface area (Å²) >= 11 is 0. The Morgan fingerprint density at radius 2 is 1.89 bits per heavy atom. The number of H-pyrrole nitrogens is 1. The SMILES string of the molecule is CCN(OC(/C=C\CN)=C/c1ccccc1)C(=O)Cc1c[nH]c2ccccc12. The van der Waals surface area contributed by atoms with Crippen LogP contribution in [-0.2, 0) is 16.1 Å². The summed E-state index contributed by atoms with van der Waals surface area (Å²) in [6.07, 6.45) is 7.61. The van der Waals surface area contributed by atoms with Crippen LogP contribution in [0.2, 0.25) is 0 Å². The van der Waals surface area contributed by atoms with Gasteiger partial charge in [0.15, 0.2) is 5.76 Å². The van der Waals surface area contributed by atoms with Crippen LogP contribution < -0.4 is 5.73 Å². The monoisotopic (exact) mass is 375 g/mol. The first-order chi connectivity index (χ1) is 13.7. The van der Waals surface area contributed by atoms with Crippen LogP contribution in [0.15, 0.2) is 78.7 Å². The van der Waals surface area contributed by atoms with Gasteiger partial charge in [0.2, 0.25) is 0 Å². The molecule has 0 aliphatic rings. The molecule has 5 heteroatoms. The Kier molecular flexibility index (Phi) is 6.65. The van der Waals surface area contributed by atoms with Gasteiger partial charge in [-0.15, -0.1) is 0 Å². The fourth-order valence-electron chi connectivity index (χ4n) is 2.95. The summed E-state index contributed by atoms with van der Waals surface area (Å²) in [5.74, 6) is 0.457. The van der Waals surface area contributed by atoms with E-state index in [1.165, 1.54) is 5.06 Å². The highest BCUT2D eigenvalue weighted by Gasteiger charge is 2.17. The zero-order chi connectivity index (χ0) is 19.8. The molecule has 1 heterocycles. The molecule has 3 rings (SSSR count). The maximum atomic E-state index is 12.9. The van der Waals surface area contributed by atoms with Gasteiger partial charge in [-0.1, -0.05) is 54.6 Å². The van der Waals surface area contributed by atoms with Gasteiger partial charge in [0, 0.05) is 23.6 Å².